The second kappa shape index (κ2) is 4.88. The lowest BCUT2D eigenvalue weighted by Crippen LogP contribution is -2.31. The minimum Gasteiger partial charge on any atom is -0.326 e. The molecule has 2 heterocycles. The zero-order valence-electron chi connectivity index (χ0n) is 9.66. The molecule has 2 rings (SSSR count). The van der Waals surface area contributed by atoms with Gasteiger partial charge in [-0.15, -0.1) is 10.2 Å². The molecule has 0 spiro atoms. The third-order valence-electron chi connectivity index (χ3n) is 2.44. The molecule has 0 radical (unpaired) electrons. The van der Waals surface area contributed by atoms with Crippen molar-refractivity contribution < 1.29 is 13.2 Å². The monoisotopic (exact) mass is 291 g/mol. The van der Waals surface area contributed by atoms with Crippen molar-refractivity contribution in [3.05, 3.63) is 0 Å². The van der Waals surface area contributed by atoms with E-state index in [0.717, 1.165) is 11.3 Å². The first-order valence-electron chi connectivity index (χ1n) is 5.26. The van der Waals surface area contributed by atoms with Gasteiger partial charge in [0.2, 0.25) is 15.4 Å². The molecule has 1 amide bonds. The van der Waals surface area contributed by atoms with Crippen LogP contribution in [-0.4, -0.2) is 48.0 Å². The summed E-state index contributed by atoms with van der Waals surface area (Å²) in [5.41, 5.74) is 5.68. The predicted octanol–water partition coefficient (Wildman–Crippen LogP) is -0.782. The van der Waals surface area contributed by atoms with Crippen LogP contribution in [0, 0.1) is 0 Å². The van der Waals surface area contributed by atoms with Crippen molar-refractivity contribution in [2.45, 2.75) is 23.7 Å². The number of carbonyl (C=O) groups excluding carboxylic acids is 1. The van der Waals surface area contributed by atoms with Gasteiger partial charge in [0, 0.05) is 26.1 Å². The molecule has 1 atom stereocenters. The van der Waals surface area contributed by atoms with Gasteiger partial charge in [-0.1, -0.05) is 11.3 Å². The number of sulfonamides is 1. The largest absolute Gasteiger partial charge is 0.326 e. The molecule has 18 heavy (non-hydrogen) atoms. The molecular weight excluding hydrogens is 278 g/mol. The standard InChI is InChI=1S/C8H13N5O3S2/c1-5(14)10-7-11-12-8(17-7)18(15,16)13-3-2-6(9)4-13/h6H,2-4,9H2,1H3,(H,10,11,14)/t6-/m1/s1. The highest BCUT2D eigenvalue weighted by Gasteiger charge is 2.33. The molecule has 10 heteroatoms. The van der Waals surface area contributed by atoms with Crippen LogP contribution < -0.4 is 11.1 Å². The van der Waals surface area contributed by atoms with Crippen molar-refractivity contribution >= 4 is 32.4 Å². The highest BCUT2D eigenvalue weighted by atomic mass is 32.2. The van der Waals surface area contributed by atoms with Crippen LogP contribution in [-0.2, 0) is 14.8 Å². The molecule has 1 aromatic heterocycles. The average molecular weight is 291 g/mol. The van der Waals surface area contributed by atoms with Gasteiger partial charge in [-0.05, 0) is 6.42 Å². The molecule has 1 aromatic rings. The summed E-state index contributed by atoms with van der Waals surface area (Å²) in [6.45, 7) is 1.99. The van der Waals surface area contributed by atoms with Crippen LogP contribution in [0.25, 0.3) is 0 Å². The quantitative estimate of drug-likeness (QED) is 0.705. The molecule has 0 aromatic carbocycles. The Morgan fingerprint density at radius 1 is 1.56 bits per heavy atom. The number of hydrogen-bond acceptors (Lipinski definition) is 7. The van der Waals surface area contributed by atoms with E-state index in [0.29, 0.717) is 13.0 Å². The summed E-state index contributed by atoms with van der Waals surface area (Å²) in [7, 11) is -3.64. The lowest BCUT2D eigenvalue weighted by Gasteiger charge is -2.12. The summed E-state index contributed by atoms with van der Waals surface area (Å²) in [5, 5.41) is 9.77. The molecule has 100 valence electrons. The van der Waals surface area contributed by atoms with Gasteiger partial charge in [-0.3, -0.25) is 4.79 Å². The maximum atomic E-state index is 12.1. The molecule has 0 unspecified atom stereocenters. The van der Waals surface area contributed by atoms with E-state index in [1.165, 1.54) is 11.2 Å². The Hall–Kier alpha value is -1.10. The first kappa shape index (κ1) is 13.3. The van der Waals surface area contributed by atoms with Crippen LogP contribution >= 0.6 is 11.3 Å². The van der Waals surface area contributed by atoms with Crippen molar-refractivity contribution in [1.29, 1.82) is 0 Å². The maximum absolute atomic E-state index is 12.1. The summed E-state index contributed by atoms with van der Waals surface area (Å²) in [6.07, 6.45) is 0.636. The average Bonchev–Trinajstić information content (AvgIpc) is 2.86. The molecule has 0 bridgehead atoms. The number of hydrogen-bond donors (Lipinski definition) is 2. The van der Waals surface area contributed by atoms with Gasteiger partial charge in [0.05, 0.1) is 0 Å². The Morgan fingerprint density at radius 3 is 2.83 bits per heavy atom. The number of nitrogens with two attached hydrogens (primary N) is 1. The zero-order chi connectivity index (χ0) is 13.3. The van der Waals surface area contributed by atoms with Crippen LogP contribution in [0.1, 0.15) is 13.3 Å². The fourth-order valence-corrected chi connectivity index (χ4v) is 4.19. The van der Waals surface area contributed by atoms with Crippen molar-refractivity contribution in [2.75, 3.05) is 18.4 Å². The highest BCUT2D eigenvalue weighted by Crippen LogP contribution is 2.25. The third-order valence-corrected chi connectivity index (χ3v) is 5.49. The zero-order valence-corrected chi connectivity index (χ0v) is 11.3. The summed E-state index contributed by atoms with van der Waals surface area (Å²) in [6, 6.07) is -0.137. The highest BCUT2D eigenvalue weighted by molar-refractivity contribution is 7.91. The van der Waals surface area contributed by atoms with E-state index >= 15 is 0 Å². The number of anilines is 1. The molecule has 0 saturated carbocycles. The summed E-state index contributed by atoms with van der Waals surface area (Å²) in [4.78, 5) is 10.8. The maximum Gasteiger partial charge on any atom is 0.272 e. The molecule has 1 saturated heterocycles. The Balaban J connectivity index is 2.20. The van der Waals surface area contributed by atoms with E-state index in [1.807, 2.05) is 0 Å². The fourth-order valence-electron chi connectivity index (χ4n) is 1.60. The van der Waals surface area contributed by atoms with Gasteiger partial charge in [0.1, 0.15) is 0 Å². The van der Waals surface area contributed by atoms with Crippen LogP contribution in [0.2, 0.25) is 0 Å². The van der Waals surface area contributed by atoms with Crippen LogP contribution in [0.4, 0.5) is 5.13 Å². The number of nitrogens with zero attached hydrogens (tertiary/aromatic N) is 3. The van der Waals surface area contributed by atoms with Gasteiger partial charge in [-0.2, -0.15) is 4.31 Å². The van der Waals surface area contributed by atoms with Gasteiger partial charge in [0.25, 0.3) is 10.0 Å². The van der Waals surface area contributed by atoms with E-state index in [1.54, 1.807) is 0 Å². The summed E-state index contributed by atoms with van der Waals surface area (Å²) in [5.74, 6) is -0.321. The van der Waals surface area contributed by atoms with E-state index in [2.05, 4.69) is 15.5 Å². The van der Waals surface area contributed by atoms with Gasteiger partial charge < -0.3 is 11.1 Å². The summed E-state index contributed by atoms with van der Waals surface area (Å²) >= 11 is 0.832. The third kappa shape index (κ3) is 2.66. The molecule has 8 nitrogen and oxygen atoms in total. The van der Waals surface area contributed by atoms with E-state index in [9.17, 15) is 13.2 Å². The van der Waals surface area contributed by atoms with Crippen LogP contribution in [0.3, 0.4) is 0 Å². The number of nitrogens with one attached hydrogen (secondary N) is 1. The lowest BCUT2D eigenvalue weighted by atomic mass is 10.3. The Labute approximate surface area is 108 Å². The van der Waals surface area contributed by atoms with E-state index in [4.69, 9.17) is 5.73 Å². The van der Waals surface area contributed by atoms with Gasteiger partial charge in [-0.25, -0.2) is 8.42 Å². The van der Waals surface area contributed by atoms with Crippen molar-refractivity contribution in [3.63, 3.8) is 0 Å². The van der Waals surface area contributed by atoms with E-state index in [-0.39, 0.29) is 28.0 Å². The number of carbonyl (C=O) groups is 1. The van der Waals surface area contributed by atoms with Crippen molar-refractivity contribution in [1.82, 2.24) is 14.5 Å². The molecule has 1 aliphatic rings. The second-order valence-corrected chi connectivity index (χ2v) is 7.06. The SMILES string of the molecule is CC(=O)Nc1nnc(S(=O)(=O)N2CC[C@@H](N)C2)s1. The fraction of sp³-hybridized carbons (Fsp3) is 0.625. The Bertz CT molecular complexity index is 555. The van der Waals surface area contributed by atoms with Crippen LogP contribution in [0.15, 0.2) is 4.34 Å². The molecule has 3 N–H and O–H groups in total. The van der Waals surface area contributed by atoms with Crippen molar-refractivity contribution in [2.24, 2.45) is 5.73 Å². The molecular formula is C8H13N5O3S2. The van der Waals surface area contributed by atoms with E-state index < -0.39 is 10.0 Å². The van der Waals surface area contributed by atoms with Gasteiger partial charge >= 0.3 is 0 Å². The number of amides is 1. The smallest absolute Gasteiger partial charge is 0.272 e. The molecule has 1 aliphatic heterocycles. The first-order valence-corrected chi connectivity index (χ1v) is 7.52. The minimum absolute atomic E-state index is 0.125. The van der Waals surface area contributed by atoms with Crippen molar-refractivity contribution in [3.8, 4) is 0 Å². The predicted molar refractivity (Wildman–Crippen MR) is 65.6 cm³/mol. The Morgan fingerprint density at radius 2 is 2.28 bits per heavy atom. The minimum atomic E-state index is -3.64. The summed E-state index contributed by atoms with van der Waals surface area (Å²) < 4.78 is 25.5. The number of aromatic nitrogens is 2. The Kier molecular flexibility index (Phi) is 3.61. The molecule has 0 aliphatic carbocycles. The topological polar surface area (TPSA) is 118 Å². The van der Waals surface area contributed by atoms with Gasteiger partial charge in [0.15, 0.2) is 0 Å². The lowest BCUT2D eigenvalue weighted by molar-refractivity contribution is -0.114. The second-order valence-electron chi connectivity index (χ2n) is 3.97. The number of rotatable bonds is 3. The molecule has 1 fully saturated rings. The first-order chi connectivity index (χ1) is 8.39. The normalized spacial score (nSPS) is 21.1. The van der Waals surface area contributed by atoms with Crippen LogP contribution in [0.5, 0.6) is 0 Å².